The molecule has 1 saturated heterocycles. The van der Waals surface area contributed by atoms with Gasteiger partial charge < -0.3 is 15.2 Å². The number of fused-ring (bicyclic) bond motifs is 3. The molecule has 1 aromatic carbocycles. The summed E-state index contributed by atoms with van der Waals surface area (Å²) in [6.45, 7) is 4.32. The van der Waals surface area contributed by atoms with Crippen molar-refractivity contribution in [1.29, 1.82) is 0 Å². The summed E-state index contributed by atoms with van der Waals surface area (Å²) in [6.07, 6.45) is 6.86. The highest BCUT2D eigenvalue weighted by Gasteiger charge is 2.20. The third kappa shape index (κ3) is 4.43. The lowest BCUT2D eigenvalue weighted by atomic mass is 9.97. The van der Waals surface area contributed by atoms with E-state index >= 15 is 0 Å². The average Bonchev–Trinajstić information content (AvgIpc) is 3.41. The second kappa shape index (κ2) is 9.27. The highest BCUT2D eigenvalue weighted by molar-refractivity contribution is 7.99. The van der Waals surface area contributed by atoms with Gasteiger partial charge in [-0.25, -0.2) is 4.98 Å². The van der Waals surface area contributed by atoms with Gasteiger partial charge in [0.05, 0.1) is 16.9 Å². The molecule has 6 nitrogen and oxygen atoms in total. The number of anilines is 2. The van der Waals surface area contributed by atoms with Crippen LogP contribution in [0, 0.1) is 6.92 Å². The molecule has 0 atom stereocenters. The number of H-pyrrole nitrogens is 1. The molecule has 1 amide bonds. The predicted molar refractivity (Wildman–Crippen MR) is 134 cm³/mol. The Balaban J connectivity index is 1.18. The molecule has 32 heavy (non-hydrogen) atoms. The van der Waals surface area contributed by atoms with Crippen LogP contribution in [0.3, 0.4) is 0 Å². The number of carbonyl (C=O) groups excluding carboxylic acids is 1. The van der Waals surface area contributed by atoms with Gasteiger partial charge >= 0.3 is 0 Å². The lowest BCUT2D eigenvalue weighted by Crippen LogP contribution is -2.19. The Morgan fingerprint density at radius 3 is 2.84 bits per heavy atom. The molecule has 0 bridgehead atoms. The van der Waals surface area contributed by atoms with Crippen LogP contribution < -0.4 is 15.8 Å². The fourth-order valence-corrected chi connectivity index (χ4v) is 6.73. The van der Waals surface area contributed by atoms with E-state index in [0.717, 1.165) is 48.3 Å². The molecule has 2 N–H and O–H groups in total. The Bertz CT molecular complexity index is 1210. The van der Waals surface area contributed by atoms with Crippen molar-refractivity contribution in [3.63, 3.8) is 0 Å². The molecule has 5 rings (SSSR count). The topological polar surface area (TPSA) is 78.1 Å². The fourth-order valence-electron chi connectivity index (χ4n) is 4.76. The molecule has 0 unspecified atom stereocenters. The Morgan fingerprint density at radius 1 is 1.22 bits per heavy atom. The van der Waals surface area contributed by atoms with Gasteiger partial charge in [0.1, 0.15) is 10.7 Å². The molecule has 1 fully saturated rings. The van der Waals surface area contributed by atoms with Crippen molar-refractivity contribution in [3.05, 3.63) is 50.4 Å². The molecule has 2 aromatic heterocycles. The molecule has 3 aromatic rings. The van der Waals surface area contributed by atoms with Gasteiger partial charge in [-0.3, -0.25) is 9.59 Å². The largest absolute Gasteiger partial charge is 0.371 e. The fraction of sp³-hybridized carbons (Fsp3) is 0.458. The van der Waals surface area contributed by atoms with E-state index in [0.29, 0.717) is 17.3 Å². The summed E-state index contributed by atoms with van der Waals surface area (Å²) in [4.78, 5) is 37.3. The van der Waals surface area contributed by atoms with Crippen molar-refractivity contribution in [2.75, 3.05) is 29.1 Å². The normalized spacial score (nSPS) is 15.8. The lowest BCUT2D eigenvalue weighted by molar-refractivity contribution is -0.113. The maximum absolute atomic E-state index is 12.6. The number of aromatic nitrogens is 2. The third-order valence-corrected chi connectivity index (χ3v) is 8.40. The molecule has 1 aliphatic carbocycles. The van der Waals surface area contributed by atoms with Gasteiger partial charge in [-0.15, -0.1) is 23.1 Å². The Morgan fingerprint density at radius 2 is 2.03 bits per heavy atom. The standard InChI is InChI=1S/C24H28N4O2S2/c1-15-12-16(8-9-18(15)28-10-4-5-11-28)25-21(29)14-31-13-20-26-23(30)22-17-6-2-3-7-19(17)32-24(22)27-20/h8-9,12H,2-7,10-11,13-14H2,1H3,(H,25,29)(H,26,27,30). The number of carbonyl (C=O) groups is 1. The summed E-state index contributed by atoms with van der Waals surface area (Å²) in [5, 5.41) is 3.77. The quantitative estimate of drug-likeness (QED) is 0.551. The highest BCUT2D eigenvalue weighted by Crippen LogP contribution is 2.33. The molecular formula is C24H28N4O2S2. The Hall–Kier alpha value is -2.32. The van der Waals surface area contributed by atoms with Crippen molar-refractivity contribution >= 4 is 50.6 Å². The number of aromatic amines is 1. The molecule has 0 spiro atoms. The zero-order valence-corrected chi connectivity index (χ0v) is 20.0. The minimum Gasteiger partial charge on any atom is -0.371 e. The summed E-state index contributed by atoms with van der Waals surface area (Å²) in [6, 6.07) is 6.13. The molecule has 8 heteroatoms. The maximum atomic E-state index is 12.6. The van der Waals surface area contributed by atoms with Gasteiger partial charge in [0.25, 0.3) is 5.56 Å². The van der Waals surface area contributed by atoms with Crippen molar-refractivity contribution in [2.45, 2.75) is 51.2 Å². The van der Waals surface area contributed by atoms with E-state index in [1.807, 2.05) is 12.1 Å². The van der Waals surface area contributed by atoms with Gasteiger partial charge in [-0.1, -0.05) is 0 Å². The molecule has 1 aliphatic heterocycles. The van der Waals surface area contributed by atoms with Crippen molar-refractivity contribution < 1.29 is 4.79 Å². The van der Waals surface area contributed by atoms with E-state index in [9.17, 15) is 9.59 Å². The summed E-state index contributed by atoms with van der Waals surface area (Å²) in [5.41, 5.74) is 4.44. The van der Waals surface area contributed by atoms with Crippen molar-refractivity contribution in [3.8, 4) is 0 Å². The Kier molecular flexibility index (Phi) is 6.24. The first-order valence-corrected chi connectivity index (χ1v) is 13.3. The number of thiophene rings is 1. The van der Waals surface area contributed by atoms with Gasteiger partial charge in [0.2, 0.25) is 5.91 Å². The van der Waals surface area contributed by atoms with Crippen LogP contribution in [0.5, 0.6) is 0 Å². The highest BCUT2D eigenvalue weighted by atomic mass is 32.2. The van der Waals surface area contributed by atoms with Crippen LogP contribution in [0.1, 0.15) is 47.5 Å². The van der Waals surface area contributed by atoms with Gasteiger partial charge in [0.15, 0.2) is 0 Å². The van der Waals surface area contributed by atoms with Crippen LogP contribution in [0.15, 0.2) is 23.0 Å². The number of thioether (sulfide) groups is 1. The van der Waals surface area contributed by atoms with Crippen LogP contribution in [-0.2, 0) is 23.4 Å². The summed E-state index contributed by atoms with van der Waals surface area (Å²) >= 11 is 3.12. The van der Waals surface area contributed by atoms with Crippen molar-refractivity contribution in [2.24, 2.45) is 0 Å². The zero-order valence-electron chi connectivity index (χ0n) is 18.3. The SMILES string of the molecule is Cc1cc(NC(=O)CSCc2nc3sc4c(c3c(=O)[nH]2)CCCC4)ccc1N1CCCC1. The summed E-state index contributed by atoms with van der Waals surface area (Å²) < 4.78 is 0. The van der Waals surface area contributed by atoms with Gasteiger partial charge in [0, 0.05) is 29.3 Å². The monoisotopic (exact) mass is 468 g/mol. The molecular weight excluding hydrogens is 440 g/mol. The molecule has 3 heterocycles. The van der Waals surface area contributed by atoms with E-state index in [-0.39, 0.29) is 11.5 Å². The first-order valence-electron chi connectivity index (χ1n) is 11.3. The van der Waals surface area contributed by atoms with Crippen LogP contribution in [-0.4, -0.2) is 34.7 Å². The maximum Gasteiger partial charge on any atom is 0.259 e. The van der Waals surface area contributed by atoms with E-state index < -0.39 is 0 Å². The van der Waals surface area contributed by atoms with E-state index in [1.54, 1.807) is 11.3 Å². The number of hydrogen-bond donors (Lipinski definition) is 2. The van der Waals surface area contributed by atoms with E-state index in [1.165, 1.54) is 52.7 Å². The summed E-state index contributed by atoms with van der Waals surface area (Å²) in [7, 11) is 0. The lowest BCUT2D eigenvalue weighted by Gasteiger charge is -2.20. The first kappa shape index (κ1) is 21.5. The number of nitrogens with one attached hydrogen (secondary N) is 2. The molecule has 2 aliphatic rings. The first-order chi connectivity index (χ1) is 15.6. The smallest absolute Gasteiger partial charge is 0.259 e. The third-order valence-electron chi connectivity index (χ3n) is 6.27. The summed E-state index contributed by atoms with van der Waals surface area (Å²) in [5.74, 6) is 1.42. The minimum atomic E-state index is -0.0432. The average molecular weight is 469 g/mol. The number of benzene rings is 1. The zero-order chi connectivity index (χ0) is 22.1. The van der Waals surface area contributed by atoms with E-state index in [4.69, 9.17) is 0 Å². The van der Waals surface area contributed by atoms with Crippen LogP contribution in [0.25, 0.3) is 10.2 Å². The molecule has 0 saturated carbocycles. The van der Waals surface area contributed by atoms with Crippen molar-refractivity contribution in [1.82, 2.24) is 9.97 Å². The number of amides is 1. The second-order valence-electron chi connectivity index (χ2n) is 8.64. The van der Waals surface area contributed by atoms with E-state index in [2.05, 4.69) is 33.2 Å². The number of hydrogen-bond acceptors (Lipinski definition) is 6. The Labute approximate surface area is 195 Å². The minimum absolute atomic E-state index is 0.0389. The second-order valence-corrected chi connectivity index (χ2v) is 10.7. The number of nitrogens with zero attached hydrogens (tertiary/aromatic N) is 2. The molecule has 168 valence electrons. The number of aryl methyl sites for hydroxylation is 3. The predicted octanol–water partition coefficient (Wildman–Crippen LogP) is 4.64. The van der Waals surface area contributed by atoms with Crippen LogP contribution in [0.2, 0.25) is 0 Å². The van der Waals surface area contributed by atoms with Gasteiger partial charge in [-0.05, 0) is 74.8 Å². The number of rotatable bonds is 6. The van der Waals surface area contributed by atoms with Crippen LogP contribution in [0.4, 0.5) is 11.4 Å². The van der Waals surface area contributed by atoms with Gasteiger partial charge in [-0.2, -0.15) is 0 Å². The molecule has 0 radical (unpaired) electrons. The van der Waals surface area contributed by atoms with Crippen LogP contribution >= 0.6 is 23.1 Å².